The highest BCUT2D eigenvalue weighted by atomic mass is 32.2. The third-order valence-corrected chi connectivity index (χ3v) is 4.40. The van der Waals surface area contributed by atoms with Crippen LogP contribution in [0.15, 0.2) is 48.5 Å². The lowest BCUT2D eigenvalue weighted by molar-refractivity contribution is -0.385. The monoisotopic (exact) mass is 334 g/mol. The van der Waals surface area contributed by atoms with Crippen LogP contribution in [0.1, 0.15) is 21.5 Å². The normalized spacial score (nSPS) is 11.0. The van der Waals surface area contributed by atoms with Crippen LogP contribution in [-0.2, 0) is 15.8 Å². The van der Waals surface area contributed by atoms with E-state index in [0.29, 0.717) is 5.56 Å². The molecule has 8 heteroatoms. The first-order valence-corrected chi connectivity index (χ1v) is 8.28. The summed E-state index contributed by atoms with van der Waals surface area (Å²) in [6.07, 6.45) is 0. The molecule has 7 nitrogen and oxygen atoms in total. The van der Waals surface area contributed by atoms with Crippen molar-refractivity contribution in [2.24, 2.45) is 0 Å². The maximum atomic E-state index is 12.1. The number of carbonyl (C=O) groups is 1. The van der Waals surface area contributed by atoms with Gasteiger partial charge in [-0.15, -0.1) is 0 Å². The summed E-state index contributed by atoms with van der Waals surface area (Å²) in [6, 6.07) is 12.3. The fourth-order valence-corrected chi connectivity index (χ4v) is 3.19. The molecule has 2 aromatic rings. The van der Waals surface area contributed by atoms with Gasteiger partial charge in [-0.05, 0) is 18.6 Å². The van der Waals surface area contributed by atoms with E-state index in [1.807, 2.05) is 4.72 Å². The van der Waals surface area contributed by atoms with Crippen molar-refractivity contribution >= 4 is 21.6 Å². The number of hydrogen-bond acceptors (Lipinski definition) is 5. The van der Waals surface area contributed by atoms with Gasteiger partial charge in [-0.1, -0.05) is 36.4 Å². The van der Waals surface area contributed by atoms with E-state index in [4.69, 9.17) is 0 Å². The molecule has 0 fully saturated rings. The predicted molar refractivity (Wildman–Crippen MR) is 84.4 cm³/mol. The minimum absolute atomic E-state index is 0.0455. The van der Waals surface area contributed by atoms with Crippen molar-refractivity contribution in [2.45, 2.75) is 12.7 Å². The number of sulfonamides is 1. The van der Waals surface area contributed by atoms with Crippen molar-refractivity contribution in [1.29, 1.82) is 0 Å². The van der Waals surface area contributed by atoms with Crippen LogP contribution in [0, 0.1) is 17.0 Å². The molecule has 23 heavy (non-hydrogen) atoms. The summed E-state index contributed by atoms with van der Waals surface area (Å²) in [5.41, 5.74) is 0.363. The van der Waals surface area contributed by atoms with Crippen LogP contribution in [0.3, 0.4) is 0 Å². The fraction of sp³-hybridized carbons (Fsp3) is 0.133. The SMILES string of the molecule is Cc1c(C(=O)NS(=O)(=O)Cc2ccccc2)cccc1[N+](=O)[O-]. The van der Waals surface area contributed by atoms with Gasteiger partial charge in [0.2, 0.25) is 10.0 Å². The first kappa shape index (κ1) is 16.6. The summed E-state index contributed by atoms with van der Waals surface area (Å²) in [5, 5.41) is 10.9. The Morgan fingerprint density at radius 1 is 1.13 bits per heavy atom. The Bertz CT molecular complexity index is 847. The Labute approximate surface area is 133 Å². The number of benzene rings is 2. The highest BCUT2D eigenvalue weighted by molar-refractivity contribution is 7.89. The molecule has 0 aliphatic rings. The third-order valence-electron chi connectivity index (χ3n) is 3.19. The number of nitro benzene ring substituents is 1. The van der Waals surface area contributed by atoms with Crippen molar-refractivity contribution in [3.8, 4) is 0 Å². The molecule has 2 aromatic carbocycles. The lowest BCUT2D eigenvalue weighted by Crippen LogP contribution is -2.32. The van der Waals surface area contributed by atoms with Crippen molar-refractivity contribution in [1.82, 2.24) is 4.72 Å². The Morgan fingerprint density at radius 2 is 1.78 bits per heavy atom. The maximum Gasteiger partial charge on any atom is 0.273 e. The standard InChI is InChI=1S/C15H14N2O5S/c1-11-13(8-5-9-14(11)17(19)20)15(18)16-23(21,22)10-12-6-3-2-4-7-12/h2-9H,10H2,1H3,(H,16,18). The minimum Gasteiger partial charge on any atom is -0.268 e. The van der Waals surface area contributed by atoms with E-state index in [1.165, 1.54) is 25.1 Å². The van der Waals surface area contributed by atoms with Gasteiger partial charge < -0.3 is 0 Å². The van der Waals surface area contributed by atoms with E-state index in [9.17, 15) is 23.3 Å². The Morgan fingerprint density at radius 3 is 2.39 bits per heavy atom. The summed E-state index contributed by atoms with van der Waals surface area (Å²) in [5.74, 6) is -1.24. The molecule has 1 amide bonds. The molecule has 0 spiro atoms. The van der Waals surface area contributed by atoms with Crippen LogP contribution in [0.2, 0.25) is 0 Å². The number of hydrogen-bond donors (Lipinski definition) is 1. The Kier molecular flexibility index (Phi) is 4.75. The highest BCUT2D eigenvalue weighted by Crippen LogP contribution is 2.21. The van der Waals surface area contributed by atoms with Crippen molar-refractivity contribution in [3.05, 3.63) is 75.3 Å². The molecular formula is C15H14N2O5S. The van der Waals surface area contributed by atoms with Crippen molar-refractivity contribution in [3.63, 3.8) is 0 Å². The van der Waals surface area contributed by atoms with Gasteiger partial charge in [0.15, 0.2) is 0 Å². The molecular weight excluding hydrogens is 320 g/mol. The lowest BCUT2D eigenvalue weighted by atomic mass is 10.1. The number of carbonyl (C=O) groups excluding carboxylic acids is 1. The summed E-state index contributed by atoms with van der Waals surface area (Å²) < 4.78 is 26.0. The van der Waals surface area contributed by atoms with Gasteiger partial charge in [-0.3, -0.25) is 14.9 Å². The zero-order chi connectivity index (χ0) is 17.0. The first-order chi connectivity index (χ1) is 10.8. The lowest BCUT2D eigenvalue weighted by Gasteiger charge is -2.09. The van der Waals surface area contributed by atoms with Crippen LogP contribution in [-0.4, -0.2) is 19.2 Å². The topological polar surface area (TPSA) is 106 Å². The van der Waals surface area contributed by atoms with Gasteiger partial charge in [-0.25, -0.2) is 13.1 Å². The van der Waals surface area contributed by atoms with Crippen LogP contribution >= 0.6 is 0 Å². The second-order valence-electron chi connectivity index (χ2n) is 4.88. The van der Waals surface area contributed by atoms with E-state index in [2.05, 4.69) is 0 Å². The third kappa shape index (κ3) is 4.13. The molecule has 0 aliphatic carbocycles. The summed E-state index contributed by atoms with van der Waals surface area (Å²) in [4.78, 5) is 22.4. The van der Waals surface area contributed by atoms with Gasteiger partial charge >= 0.3 is 0 Å². The summed E-state index contributed by atoms with van der Waals surface area (Å²) >= 11 is 0. The quantitative estimate of drug-likeness (QED) is 0.666. The van der Waals surface area contributed by atoms with Crippen molar-refractivity contribution < 1.29 is 18.1 Å². The molecule has 0 saturated carbocycles. The number of amides is 1. The zero-order valence-corrected chi connectivity index (χ0v) is 13.0. The van der Waals surface area contributed by atoms with E-state index in [1.54, 1.807) is 30.3 Å². The fourth-order valence-electron chi connectivity index (χ4n) is 2.09. The molecule has 0 aromatic heterocycles. The largest absolute Gasteiger partial charge is 0.273 e. The average molecular weight is 334 g/mol. The Hall–Kier alpha value is -2.74. The van der Waals surface area contributed by atoms with Gasteiger partial charge in [0.25, 0.3) is 11.6 Å². The number of nitrogens with zero attached hydrogens (tertiary/aromatic N) is 1. The molecule has 0 atom stereocenters. The predicted octanol–water partition coefficient (Wildman–Crippen LogP) is 2.16. The average Bonchev–Trinajstić information content (AvgIpc) is 2.46. The highest BCUT2D eigenvalue weighted by Gasteiger charge is 2.22. The number of nitro groups is 1. The molecule has 0 unspecified atom stereocenters. The molecule has 0 heterocycles. The van der Waals surface area contributed by atoms with Crippen LogP contribution in [0.4, 0.5) is 5.69 Å². The van der Waals surface area contributed by atoms with Crippen molar-refractivity contribution in [2.75, 3.05) is 0 Å². The minimum atomic E-state index is -3.90. The van der Waals surface area contributed by atoms with Gasteiger partial charge in [0.05, 0.1) is 16.2 Å². The molecule has 2 rings (SSSR count). The molecule has 0 saturated heterocycles. The van der Waals surface area contributed by atoms with E-state index in [-0.39, 0.29) is 22.6 Å². The van der Waals surface area contributed by atoms with Crippen LogP contribution in [0.5, 0.6) is 0 Å². The van der Waals surface area contributed by atoms with Gasteiger partial charge in [0.1, 0.15) is 0 Å². The molecule has 1 N–H and O–H groups in total. The van der Waals surface area contributed by atoms with Crippen LogP contribution < -0.4 is 4.72 Å². The molecule has 0 radical (unpaired) electrons. The van der Waals surface area contributed by atoms with E-state index < -0.39 is 20.9 Å². The zero-order valence-electron chi connectivity index (χ0n) is 12.2. The van der Waals surface area contributed by atoms with E-state index in [0.717, 1.165) is 0 Å². The molecule has 0 aliphatic heterocycles. The van der Waals surface area contributed by atoms with E-state index >= 15 is 0 Å². The summed E-state index contributed by atoms with van der Waals surface area (Å²) in [6.45, 7) is 1.40. The second-order valence-corrected chi connectivity index (χ2v) is 6.60. The number of rotatable bonds is 5. The molecule has 0 bridgehead atoms. The maximum absolute atomic E-state index is 12.1. The van der Waals surface area contributed by atoms with Gasteiger partial charge in [-0.2, -0.15) is 0 Å². The van der Waals surface area contributed by atoms with Crippen LogP contribution in [0.25, 0.3) is 0 Å². The Balaban J connectivity index is 2.22. The molecule has 120 valence electrons. The number of nitrogens with one attached hydrogen (secondary N) is 1. The second kappa shape index (κ2) is 6.57. The first-order valence-electron chi connectivity index (χ1n) is 6.63. The smallest absolute Gasteiger partial charge is 0.268 e. The summed E-state index contributed by atoms with van der Waals surface area (Å²) in [7, 11) is -3.90. The van der Waals surface area contributed by atoms with Gasteiger partial charge in [0, 0.05) is 11.6 Å².